The zero-order valence-corrected chi connectivity index (χ0v) is 15.1. The van der Waals surface area contributed by atoms with E-state index < -0.39 is 17.7 Å². The van der Waals surface area contributed by atoms with Crippen LogP contribution in [0, 0.1) is 4.77 Å². The Morgan fingerprint density at radius 1 is 0.929 bits per heavy atom. The number of fused-ring (bicyclic) bond motifs is 1. The Hall–Kier alpha value is -3.13. The standard InChI is InChI=1S/C20H14F3N3OS/c21-20(22,23)13-8-6-11(7-9-13)14-10-15(12-4-2-1-3-5-12)24-17-16(14)18(27)26-19(28)25-17/h1-10,14H,(H3,24,25,26,27,28). The maximum atomic E-state index is 12.9. The lowest BCUT2D eigenvalue weighted by Crippen LogP contribution is -2.24. The van der Waals surface area contributed by atoms with Crippen LogP contribution < -0.4 is 10.9 Å². The fraction of sp³-hybridized carbons (Fsp3) is 0.100. The van der Waals surface area contributed by atoms with Gasteiger partial charge in [0.25, 0.3) is 5.56 Å². The van der Waals surface area contributed by atoms with E-state index in [1.165, 1.54) is 12.1 Å². The third-order valence-electron chi connectivity index (χ3n) is 4.57. The zero-order valence-electron chi connectivity index (χ0n) is 14.3. The number of hydrogen-bond donors (Lipinski definition) is 3. The molecule has 0 saturated carbocycles. The van der Waals surface area contributed by atoms with E-state index in [2.05, 4.69) is 15.3 Å². The first-order valence-corrected chi connectivity index (χ1v) is 8.81. The molecule has 0 aliphatic carbocycles. The Balaban J connectivity index is 1.87. The molecule has 142 valence electrons. The predicted octanol–water partition coefficient (Wildman–Crippen LogP) is 5.05. The highest BCUT2D eigenvalue weighted by molar-refractivity contribution is 7.71. The van der Waals surface area contributed by atoms with E-state index in [0.717, 1.165) is 23.4 Å². The first-order valence-electron chi connectivity index (χ1n) is 8.41. The van der Waals surface area contributed by atoms with E-state index in [1.54, 1.807) is 0 Å². The number of halogens is 3. The van der Waals surface area contributed by atoms with Gasteiger partial charge in [-0.15, -0.1) is 0 Å². The molecule has 2 aromatic carbocycles. The summed E-state index contributed by atoms with van der Waals surface area (Å²) in [5, 5.41) is 3.17. The summed E-state index contributed by atoms with van der Waals surface area (Å²) in [6.07, 6.45) is -2.59. The average Bonchev–Trinajstić information content (AvgIpc) is 2.67. The van der Waals surface area contributed by atoms with Crippen molar-refractivity contribution in [2.45, 2.75) is 12.1 Å². The molecule has 8 heteroatoms. The highest BCUT2D eigenvalue weighted by Gasteiger charge is 2.31. The summed E-state index contributed by atoms with van der Waals surface area (Å²) < 4.78 is 38.9. The number of rotatable bonds is 2. The lowest BCUT2D eigenvalue weighted by atomic mass is 9.87. The molecule has 0 bridgehead atoms. The highest BCUT2D eigenvalue weighted by atomic mass is 32.1. The minimum absolute atomic E-state index is 0.164. The number of hydrogen-bond acceptors (Lipinski definition) is 3. The summed E-state index contributed by atoms with van der Waals surface area (Å²) in [5.74, 6) is -0.107. The van der Waals surface area contributed by atoms with Crippen LogP contribution in [0.2, 0.25) is 0 Å². The Morgan fingerprint density at radius 3 is 2.25 bits per heavy atom. The first-order chi connectivity index (χ1) is 13.3. The van der Waals surface area contributed by atoms with Crippen LogP contribution in [-0.4, -0.2) is 9.97 Å². The van der Waals surface area contributed by atoms with E-state index >= 15 is 0 Å². The molecular weight excluding hydrogens is 387 g/mol. The largest absolute Gasteiger partial charge is 0.416 e. The van der Waals surface area contributed by atoms with Crippen molar-refractivity contribution in [3.63, 3.8) is 0 Å². The van der Waals surface area contributed by atoms with Crippen LogP contribution in [0.15, 0.2) is 65.5 Å². The second kappa shape index (κ2) is 6.79. The molecule has 1 unspecified atom stereocenters. The number of nitrogens with one attached hydrogen (secondary N) is 3. The Morgan fingerprint density at radius 2 is 1.61 bits per heavy atom. The van der Waals surface area contributed by atoms with Gasteiger partial charge >= 0.3 is 6.18 Å². The summed E-state index contributed by atoms with van der Waals surface area (Å²) >= 11 is 5.06. The van der Waals surface area contributed by atoms with Crippen LogP contribution in [0.5, 0.6) is 0 Å². The first kappa shape index (κ1) is 18.2. The van der Waals surface area contributed by atoms with Crippen molar-refractivity contribution in [1.82, 2.24) is 9.97 Å². The molecule has 4 nitrogen and oxygen atoms in total. The number of anilines is 1. The second-order valence-corrected chi connectivity index (χ2v) is 6.77. The second-order valence-electron chi connectivity index (χ2n) is 6.37. The van der Waals surface area contributed by atoms with Gasteiger partial charge < -0.3 is 10.3 Å². The monoisotopic (exact) mass is 401 g/mol. The predicted molar refractivity (Wildman–Crippen MR) is 104 cm³/mol. The van der Waals surface area contributed by atoms with Gasteiger partial charge in [-0.2, -0.15) is 13.2 Å². The highest BCUT2D eigenvalue weighted by Crippen LogP contribution is 2.37. The quantitative estimate of drug-likeness (QED) is 0.527. The maximum Gasteiger partial charge on any atom is 0.416 e. The number of allylic oxidation sites excluding steroid dienone is 1. The summed E-state index contributed by atoms with van der Waals surface area (Å²) in [6.45, 7) is 0. The smallest absolute Gasteiger partial charge is 0.341 e. The fourth-order valence-corrected chi connectivity index (χ4v) is 3.44. The number of aromatic nitrogens is 2. The van der Waals surface area contributed by atoms with Crippen LogP contribution in [0.4, 0.5) is 19.0 Å². The molecule has 28 heavy (non-hydrogen) atoms. The zero-order chi connectivity index (χ0) is 19.9. The van der Waals surface area contributed by atoms with Gasteiger partial charge in [-0.25, -0.2) is 0 Å². The molecule has 3 N–H and O–H groups in total. The van der Waals surface area contributed by atoms with E-state index in [0.29, 0.717) is 16.9 Å². The molecule has 4 rings (SSSR count). The van der Waals surface area contributed by atoms with E-state index in [-0.39, 0.29) is 10.3 Å². The molecule has 0 saturated heterocycles. The van der Waals surface area contributed by atoms with E-state index in [9.17, 15) is 18.0 Å². The maximum absolute atomic E-state index is 12.9. The van der Waals surface area contributed by atoms with Crippen molar-refractivity contribution in [3.05, 3.63) is 98.1 Å². The van der Waals surface area contributed by atoms with Gasteiger partial charge in [-0.05, 0) is 41.6 Å². The van der Waals surface area contributed by atoms with Gasteiger partial charge in [0, 0.05) is 11.6 Å². The molecule has 0 radical (unpaired) electrons. The molecule has 2 heterocycles. The average molecular weight is 401 g/mol. The molecule has 1 aromatic heterocycles. The van der Waals surface area contributed by atoms with Gasteiger partial charge in [0.1, 0.15) is 5.82 Å². The molecule has 0 amide bonds. The van der Waals surface area contributed by atoms with Crippen molar-refractivity contribution >= 4 is 23.7 Å². The summed E-state index contributed by atoms with van der Waals surface area (Å²) in [7, 11) is 0. The molecule has 1 atom stereocenters. The third kappa shape index (κ3) is 3.38. The molecule has 1 aliphatic heterocycles. The summed E-state index contributed by atoms with van der Waals surface area (Å²) in [5.41, 5.74) is 1.42. The molecular formula is C20H14F3N3OS. The van der Waals surface area contributed by atoms with Crippen molar-refractivity contribution in [2.75, 3.05) is 5.32 Å². The SMILES string of the molecule is O=c1[nH]c(=S)[nH]c2c1C(c1ccc(C(F)(F)F)cc1)C=C(c1ccccc1)N2. The Bertz CT molecular complexity index is 1160. The molecule has 1 aliphatic rings. The van der Waals surface area contributed by atoms with Gasteiger partial charge in [0.05, 0.1) is 11.1 Å². The van der Waals surface area contributed by atoms with Gasteiger partial charge in [-0.1, -0.05) is 42.5 Å². The van der Waals surface area contributed by atoms with Crippen molar-refractivity contribution in [3.8, 4) is 0 Å². The van der Waals surface area contributed by atoms with E-state index in [1.807, 2.05) is 36.4 Å². The number of H-pyrrole nitrogens is 2. The lowest BCUT2D eigenvalue weighted by Gasteiger charge is -2.25. The topological polar surface area (TPSA) is 60.7 Å². The summed E-state index contributed by atoms with van der Waals surface area (Å²) in [4.78, 5) is 18.0. The number of alkyl halides is 3. The summed E-state index contributed by atoms with van der Waals surface area (Å²) in [6, 6.07) is 14.3. The van der Waals surface area contributed by atoms with Gasteiger partial charge in [-0.3, -0.25) is 9.78 Å². The lowest BCUT2D eigenvalue weighted by molar-refractivity contribution is -0.137. The Labute approximate surface area is 162 Å². The molecule has 0 fully saturated rings. The third-order valence-corrected chi connectivity index (χ3v) is 4.77. The Kier molecular flexibility index (Phi) is 4.43. The number of aromatic amines is 2. The molecule has 3 aromatic rings. The van der Waals surface area contributed by atoms with Crippen molar-refractivity contribution in [1.29, 1.82) is 0 Å². The molecule has 0 spiro atoms. The van der Waals surface area contributed by atoms with Crippen LogP contribution >= 0.6 is 12.2 Å². The van der Waals surface area contributed by atoms with Crippen molar-refractivity contribution in [2.24, 2.45) is 0 Å². The van der Waals surface area contributed by atoms with Crippen molar-refractivity contribution < 1.29 is 13.2 Å². The van der Waals surface area contributed by atoms with Gasteiger partial charge in [0.15, 0.2) is 4.77 Å². The minimum Gasteiger partial charge on any atom is -0.341 e. The number of benzene rings is 2. The fourth-order valence-electron chi connectivity index (χ4n) is 3.25. The van der Waals surface area contributed by atoms with Gasteiger partial charge in [0.2, 0.25) is 0 Å². The van der Waals surface area contributed by atoms with Crippen LogP contribution in [-0.2, 0) is 6.18 Å². The minimum atomic E-state index is -4.42. The van der Waals surface area contributed by atoms with E-state index in [4.69, 9.17) is 12.2 Å². The normalized spacial score (nSPS) is 16.1. The van der Waals surface area contributed by atoms with Crippen LogP contribution in [0.3, 0.4) is 0 Å². The van der Waals surface area contributed by atoms with Crippen LogP contribution in [0.25, 0.3) is 5.70 Å². The van der Waals surface area contributed by atoms with Crippen LogP contribution in [0.1, 0.15) is 28.2 Å².